The number of carbonyl (C=O) groups excluding carboxylic acids is 3. The van der Waals surface area contributed by atoms with Gasteiger partial charge in [0.05, 0.1) is 24.2 Å². The highest BCUT2D eigenvalue weighted by Gasteiger charge is 2.44. The van der Waals surface area contributed by atoms with E-state index < -0.39 is 27.9 Å². The number of hydrogen-bond donors (Lipinski definition) is 2. The molecule has 292 valence electrons. The molecule has 2 aromatic rings. The molecule has 14 heteroatoms. The molecule has 2 N–H and O–H groups in total. The Morgan fingerprint density at radius 1 is 1.15 bits per heavy atom. The number of methoxy groups -OCH3 is 1. The molecule has 0 radical (unpaired) electrons. The average Bonchev–Trinajstić information content (AvgIpc) is 3.24. The Balaban J connectivity index is 1.20. The molecular weight excluding hydrogens is 730 g/mol. The van der Waals surface area contributed by atoms with Crippen molar-refractivity contribution < 1.29 is 32.8 Å². The van der Waals surface area contributed by atoms with Gasteiger partial charge in [0, 0.05) is 69.2 Å². The molecule has 3 aliphatic carbocycles. The SMILES string of the molecule is CO[C@H]1/C=C\C[C@H](C)CS(=O)(NC(=O)NC2CC(OC(=O)N(C)C)C2)=NC(=O)c2ccc3c(c2)N(C[C@@H]2CC[C@H]21)C[C@@]1(CCCc2cc(Cl)ccc21)CO3. The predicted molar refractivity (Wildman–Crippen MR) is 209 cm³/mol. The molecule has 2 saturated carbocycles. The summed E-state index contributed by atoms with van der Waals surface area (Å²) in [6, 6.07) is 10.5. The number of hydrogen-bond acceptors (Lipinski definition) is 8. The summed E-state index contributed by atoms with van der Waals surface area (Å²) in [6.45, 7) is 3.89. The summed E-state index contributed by atoms with van der Waals surface area (Å²) < 4.78 is 39.4. The number of carbonyl (C=O) groups is 3. The summed E-state index contributed by atoms with van der Waals surface area (Å²) >= 11 is 6.46. The Hall–Kier alpha value is -3.81. The van der Waals surface area contributed by atoms with E-state index in [0.717, 1.165) is 49.4 Å². The predicted octanol–water partition coefficient (Wildman–Crippen LogP) is 6.50. The Bertz CT molecular complexity index is 1930. The molecule has 7 rings (SSSR count). The van der Waals surface area contributed by atoms with Crippen LogP contribution < -0.4 is 19.7 Å². The lowest BCUT2D eigenvalue weighted by molar-refractivity contribution is 0.0131. The quantitative estimate of drug-likeness (QED) is 0.336. The fourth-order valence-electron chi connectivity index (χ4n) is 8.75. The summed E-state index contributed by atoms with van der Waals surface area (Å²) in [5.41, 5.74) is 3.31. The van der Waals surface area contributed by atoms with E-state index in [1.807, 2.05) is 25.1 Å². The van der Waals surface area contributed by atoms with Gasteiger partial charge >= 0.3 is 12.1 Å². The molecule has 2 fully saturated rings. The molecule has 12 nitrogen and oxygen atoms in total. The second kappa shape index (κ2) is 15.7. The van der Waals surface area contributed by atoms with Gasteiger partial charge < -0.3 is 29.3 Å². The fraction of sp³-hybridized carbons (Fsp3) is 0.575. The minimum absolute atomic E-state index is 0.0277. The molecule has 6 atom stereocenters. The summed E-state index contributed by atoms with van der Waals surface area (Å²) in [5.74, 6) is 0.508. The van der Waals surface area contributed by atoms with Crippen LogP contribution in [0.15, 0.2) is 52.9 Å². The third-order valence-corrected chi connectivity index (χ3v) is 14.1. The smallest absolute Gasteiger partial charge is 0.409 e. The van der Waals surface area contributed by atoms with Gasteiger partial charge in [-0.1, -0.05) is 36.7 Å². The number of amides is 4. The molecule has 54 heavy (non-hydrogen) atoms. The van der Waals surface area contributed by atoms with E-state index in [4.69, 9.17) is 25.8 Å². The van der Waals surface area contributed by atoms with E-state index in [9.17, 15) is 18.6 Å². The molecular formula is C40H52ClN5O7S. The monoisotopic (exact) mass is 781 g/mol. The molecule has 1 spiro atoms. The minimum Gasteiger partial charge on any atom is -0.490 e. The molecule has 2 bridgehead atoms. The number of benzene rings is 2. The van der Waals surface area contributed by atoms with E-state index in [-0.39, 0.29) is 40.9 Å². The highest BCUT2D eigenvalue weighted by atomic mass is 35.5. The minimum atomic E-state index is -3.57. The van der Waals surface area contributed by atoms with Gasteiger partial charge in [0.25, 0.3) is 5.91 Å². The maximum absolute atomic E-state index is 14.5. The van der Waals surface area contributed by atoms with E-state index in [1.54, 1.807) is 27.3 Å². The van der Waals surface area contributed by atoms with Crippen LogP contribution in [0.2, 0.25) is 5.02 Å². The maximum Gasteiger partial charge on any atom is 0.409 e. The van der Waals surface area contributed by atoms with E-state index in [2.05, 4.69) is 43.6 Å². The third-order valence-electron chi connectivity index (χ3n) is 11.8. The van der Waals surface area contributed by atoms with Crippen molar-refractivity contribution in [3.8, 4) is 5.75 Å². The van der Waals surface area contributed by atoms with Crippen LogP contribution in [0.5, 0.6) is 5.75 Å². The first-order valence-electron chi connectivity index (χ1n) is 19.1. The number of halogens is 1. The van der Waals surface area contributed by atoms with Crippen LogP contribution in [0.3, 0.4) is 0 Å². The number of fused-ring (bicyclic) bond motifs is 4. The second-order valence-corrected chi connectivity index (χ2v) is 18.5. The zero-order valence-electron chi connectivity index (χ0n) is 31.6. The third kappa shape index (κ3) is 8.23. The van der Waals surface area contributed by atoms with Gasteiger partial charge in [0.2, 0.25) is 0 Å². The molecule has 0 aromatic heterocycles. The average molecular weight is 782 g/mol. The Kier molecular flexibility index (Phi) is 11.2. The van der Waals surface area contributed by atoms with Crippen molar-refractivity contribution in [3.05, 3.63) is 70.3 Å². The first-order valence-corrected chi connectivity index (χ1v) is 21.2. The normalized spacial score (nSPS) is 32.5. The van der Waals surface area contributed by atoms with Crippen LogP contribution in [-0.4, -0.2) is 92.0 Å². The molecule has 5 aliphatic rings. The Labute approximate surface area is 323 Å². The van der Waals surface area contributed by atoms with Gasteiger partial charge in [-0.05, 0) is 97.7 Å². The lowest BCUT2D eigenvalue weighted by Crippen LogP contribution is -2.53. The van der Waals surface area contributed by atoms with Crippen LogP contribution in [0, 0.1) is 17.8 Å². The number of allylic oxidation sites excluding steroid dienone is 1. The lowest BCUT2D eigenvalue weighted by atomic mass is 9.68. The molecule has 1 unspecified atom stereocenters. The maximum atomic E-state index is 14.5. The fourth-order valence-corrected chi connectivity index (χ4v) is 10.8. The van der Waals surface area contributed by atoms with Crippen molar-refractivity contribution in [2.24, 2.45) is 22.1 Å². The summed E-state index contributed by atoms with van der Waals surface area (Å²) in [6.07, 6.45) is 9.84. The van der Waals surface area contributed by atoms with Crippen LogP contribution in [0.1, 0.15) is 73.4 Å². The zero-order chi connectivity index (χ0) is 38.2. The first-order chi connectivity index (χ1) is 25.8. The number of nitrogens with one attached hydrogen (secondary N) is 2. The molecule has 2 aromatic carbocycles. The van der Waals surface area contributed by atoms with E-state index >= 15 is 0 Å². The molecule has 2 heterocycles. The van der Waals surface area contributed by atoms with Crippen molar-refractivity contribution >= 4 is 45.2 Å². The van der Waals surface area contributed by atoms with E-state index in [1.165, 1.54) is 16.0 Å². The van der Waals surface area contributed by atoms with Gasteiger partial charge in [-0.15, -0.1) is 4.36 Å². The van der Waals surface area contributed by atoms with Gasteiger partial charge in [-0.25, -0.2) is 13.8 Å². The van der Waals surface area contributed by atoms with Crippen molar-refractivity contribution in [3.63, 3.8) is 0 Å². The number of ether oxygens (including phenoxy) is 3. The van der Waals surface area contributed by atoms with Gasteiger partial charge in [0.1, 0.15) is 21.8 Å². The van der Waals surface area contributed by atoms with Crippen molar-refractivity contribution in [2.75, 3.05) is 51.6 Å². The van der Waals surface area contributed by atoms with Crippen LogP contribution in [0.25, 0.3) is 0 Å². The van der Waals surface area contributed by atoms with Crippen molar-refractivity contribution in [1.29, 1.82) is 0 Å². The highest BCUT2D eigenvalue weighted by Crippen LogP contribution is 2.47. The van der Waals surface area contributed by atoms with Crippen LogP contribution >= 0.6 is 11.6 Å². The number of aryl methyl sites for hydroxylation is 1. The molecule has 0 saturated heterocycles. The number of urea groups is 1. The highest BCUT2D eigenvalue weighted by molar-refractivity contribution is 7.92. The van der Waals surface area contributed by atoms with Gasteiger partial charge in [-0.2, -0.15) is 0 Å². The van der Waals surface area contributed by atoms with Crippen LogP contribution in [-0.2, 0) is 31.2 Å². The van der Waals surface area contributed by atoms with E-state index in [0.29, 0.717) is 50.0 Å². The summed E-state index contributed by atoms with van der Waals surface area (Å²) in [5, 5.41) is 3.54. The second-order valence-electron chi connectivity index (χ2n) is 16.1. The first kappa shape index (κ1) is 38.5. The van der Waals surface area contributed by atoms with Crippen molar-refractivity contribution in [2.45, 2.75) is 82.0 Å². The van der Waals surface area contributed by atoms with Gasteiger partial charge in [-0.3, -0.25) is 9.52 Å². The zero-order valence-corrected chi connectivity index (χ0v) is 33.1. The number of nitrogens with zero attached hydrogens (tertiary/aromatic N) is 3. The number of rotatable bonds is 4. The largest absolute Gasteiger partial charge is 0.490 e. The number of anilines is 1. The van der Waals surface area contributed by atoms with Crippen molar-refractivity contribution in [1.82, 2.24) is 14.9 Å². The topological polar surface area (TPSA) is 139 Å². The Morgan fingerprint density at radius 2 is 1.96 bits per heavy atom. The van der Waals surface area contributed by atoms with Crippen LogP contribution in [0.4, 0.5) is 15.3 Å². The summed E-state index contributed by atoms with van der Waals surface area (Å²) in [4.78, 5) is 42.9. The summed E-state index contributed by atoms with van der Waals surface area (Å²) in [7, 11) is 1.40. The van der Waals surface area contributed by atoms with Gasteiger partial charge in [0.15, 0.2) is 0 Å². The molecule has 2 aliphatic heterocycles. The Morgan fingerprint density at radius 3 is 2.70 bits per heavy atom. The standard InChI is InChI=1S/C40H52ClN5O7S/c1-25-7-5-9-35(51-4)32-13-10-28(32)21-46-23-40(16-6-8-26-17-29(41)12-14-33(26)40)24-52-36-15-11-27(18-34(36)46)37(47)43-54(50,22-25)44-38(48)42-30-19-31(20-30)53-39(49)45(2)3/h5,9,11-12,14-15,17-18,25,28,30-32,35H,6-8,10,13,16,19-24H2,1-4H3,(H2,42,43,44,47,48,50)/b9-5-/t25-,28-,30?,31?,32+,35-,40-,54?/m0/s1. The molecule has 4 amide bonds. The lowest BCUT2D eigenvalue weighted by Gasteiger charge is -2.46.